The van der Waals surface area contributed by atoms with Crippen LogP contribution in [0.5, 0.6) is 0 Å². The Morgan fingerprint density at radius 3 is 2.69 bits per heavy atom. The summed E-state index contributed by atoms with van der Waals surface area (Å²) in [6.07, 6.45) is 1.27. The molecule has 0 aliphatic carbocycles. The number of rotatable bonds is 2. The standard InChI is InChI=1S/C9H12FNO2/c1-4-13-9(12)8-6(2)11(3)5-7(8)10/h5H,4H2,1-3H3. The summed E-state index contributed by atoms with van der Waals surface area (Å²) in [5.41, 5.74) is 0.611. The molecule has 0 saturated carbocycles. The van der Waals surface area contributed by atoms with Gasteiger partial charge in [-0.05, 0) is 13.8 Å². The second kappa shape index (κ2) is 3.60. The van der Waals surface area contributed by atoms with Gasteiger partial charge in [0.25, 0.3) is 0 Å². The van der Waals surface area contributed by atoms with Gasteiger partial charge in [0.2, 0.25) is 0 Å². The van der Waals surface area contributed by atoms with Crippen molar-refractivity contribution < 1.29 is 13.9 Å². The number of esters is 1. The Labute approximate surface area is 76.1 Å². The maximum absolute atomic E-state index is 13.1. The Kier molecular flexibility index (Phi) is 2.70. The first-order valence-electron chi connectivity index (χ1n) is 4.06. The highest BCUT2D eigenvalue weighted by Crippen LogP contribution is 2.15. The van der Waals surface area contributed by atoms with Gasteiger partial charge in [0.1, 0.15) is 5.56 Å². The topological polar surface area (TPSA) is 31.2 Å². The third-order valence-electron chi connectivity index (χ3n) is 1.92. The number of carbonyl (C=O) groups is 1. The second-order valence-corrected chi connectivity index (χ2v) is 2.77. The first-order valence-corrected chi connectivity index (χ1v) is 4.06. The van der Waals surface area contributed by atoms with E-state index in [1.165, 1.54) is 6.20 Å². The highest BCUT2D eigenvalue weighted by atomic mass is 19.1. The third kappa shape index (κ3) is 1.71. The molecule has 0 bridgehead atoms. The third-order valence-corrected chi connectivity index (χ3v) is 1.92. The fourth-order valence-corrected chi connectivity index (χ4v) is 1.13. The molecule has 0 amide bonds. The number of hydrogen-bond donors (Lipinski definition) is 0. The van der Waals surface area contributed by atoms with Gasteiger partial charge in [-0.2, -0.15) is 0 Å². The van der Waals surface area contributed by atoms with Gasteiger partial charge >= 0.3 is 5.97 Å². The Morgan fingerprint density at radius 2 is 2.31 bits per heavy atom. The Morgan fingerprint density at radius 1 is 1.69 bits per heavy atom. The molecule has 4 heteroatoms. The molecule has 0 unspecified atom stereocenters. The molecule has 0 aromatic carbocycles. The molecule has 0 saturated heterocycles. The van der Waals surface area contributed by atoms with E-state index in [1.807, 2.05) is 0 Å². The van der Waals surface area contributed by atoms with E-state index < -0.39 is 11.8 Å². The van der Waals surface area contributed by atoms with Crippen molar-refractivity contribution >= 4 is 5.97 Å². The van der Waals surface area contributed by atoms with Crippen LogP contribution in [0.3, 0.4) is 0 Å². The van der Waals surface area contributed by atoms with Crippen LogP contribution in [0.15, 0.2) is 6.20 Å². The highest BCUT2D eigenvalue weighted by Gasteiger charge is 2.18. The van der Waals surface area contributed by atoms with Crippen molar-refractivity contribution in [1.29, 1.82) is 0 Å². The largest absolute Gasteiger partial charge is 0.462 e. The zero-order valence-corrected chi connectivity index (χ0v) is 7.93. The lowest BCUT2D eigenvalue weighted by molar-refractivity contribution is 0.0520. The van der Waals surface area contributed by atoms with Crippen LogP contribution in [0.25, 0.3) is 0 Å². The van der Waals surface area contributed by atoms with Crippen molar-refractivity contribution in [3.63, 3.8) is 0 Å². The SMILES string of the molecule is CCOC(=O)c1c(F)cn(C)c1C. The smallest absolute Gasteiger partial charge is 0.342 e. The van der Waals surface area contributed by atoms with Gasteiger partial charge in [-0.15, -0.1) is 0 Å². The van der Waals surface area contributed by atoms with Crippen LogP contribution >= 0.6 is 0 Å². The van der Waals surface area contributed by atoms with Crippen molar-refractivity contribution in [1.82, 2.24) is 4.57 Å². The molecule has 0 radical (unpaired) electrons. The molecule has 1 rings (SSSR count). The summed E-state index contributed by atoms with van der Waals surface area (Å²) in [6.45, 7) is 3.62. The van der Waals surface area contributed by atoms with E-state index in [2.05, 4.69) is 0 Å². The molecule has 1 aromatic heterocycles. The quantitative estimate of drug-likeness (QED) is 0.656. The minimum atomic E-state index is -0.599. The van der Waals surface area contributed by atoms with Crippen LogP contribution in [0.1, 0.15) is 23.0 Å². The van der Waals surface area contributed by atoms with E-state index in [0.29, 0.717) is 5.69 Å². The zero-order chi connectivity index (χ0) is 10.0. The van der Waals surface area contributed by atoms with Crippen molar-refractivity contribution in [3.05, 3.63) is 23.3 Å². The second-order valence-electron chi connectivity index (χ2n) is 2.77. The van der Waals surface area contributed by atoms with Gasteiger partial charge in [0, 0.05) is 18.9 Å². The summed E-state index contributed by atoms with van der Waals surface area (Å²) in [4.78, 5) is 11.2. The lowest BCUT2D eigenvalue weighted by Crippen LogP contribution is -2.07. The van der Waals surface area contributed by atoms with Gasteiger partial charge in [0.05, 0.1) is 6.61 Å². The van der Waals surface area contributed by atoms with Crippen LogP contribution < -0.4 is 0 Å². The van der Waals surface area contributed by atoms with E-state index in [-0.39, 0.29) is 12.2 Å². The average molecular weight is 185 g/mol. The van der Waals surface area contributed by atoms with Gasteiger partial charge in [-0.1, -0.05) is 0 Å². The summed E-state index contributed by atoms with van der Waals surface area (Å²) in [5.74, 6) is -1.13. The molecular formula is C9H12FNO2. The normalized spacial score (nSPS) is 10.2. The van der Waals surface area contributed by atoms with Gasteiger partial charge < -0.3 is 9.30 Å². The Hall–Kier alpha value is -1.32. The monoisotopic (exact) mass is 185 g/mol. The molecule has 0 spiro atoms. The predicted octanol–water partition coefficient (Wildman–Crippen LogP) is 1.65. The number of aryl methyl sites for hydroxylation is 1. The number of aromatic nitrogens is 1. The molecule has 13 heavy (non-hydrogen) atoms. The van der Waals surface area contributed by atoms with Gasteiger partial charge in [-0.25, -0.2) is 9.18 Å². The van der Waals surface area contributed by atoms with E-state index in [4.69, 9.17) is 4.74 Å². The summed E-state index contributed by atoms with van der Waals surface area (Å²) >= 11 is 0. The minimum absolute atomic E-state index is 0.0318. The number of nitrogens with zero attached hydrogens (tertiary/aromatic N) is 1. The number of halogens is 1. The summed E-state index contributed by atoms with van der Waals surface area (Å²) in [5, 5.41) is 0. The van der Waals surface area contributed by atoms with E-state index in [1.54, 1.807) is 25.5 Å². The first-order chi connectivity index (χ1) is 6.07. The van der Waals surface area contributed by atoms with Crippen molar-refractivity contribution in [3.8, 4) is 0 Å². The molecule has 3 nitrogen and oxygen atoms in total. The van der Waals surface area contributed by atoms with Crippen LogP contribution in [-0.2, 0) is 11.8 Å². The number of ether oxygens (including phenoxy) is 1. The number of hydrogen-bond acceptors (Lipinski definition) is 2. The molecule has 72 valence electrons. The summed E-state index contributed by atoms with van der Waals surface area (Å²) in [6, 6.07) is 0. The Bertz CT molecular complexity index is 331. The maximum Gasteiger partial charge on any atom is 0.342 e. The molecule has 0 N–H and O–H groups in total. The van der Waals surface area contributed by atoms with Crippen molar-refractivity contribution in [2.75, 3.05) is 6.61 Å². The maximum atomic E-state index is 13.1. The highest BCUT2D eigenvalue weighted by molar-refractivity contribution is 5.91. The van der Waals surface area contributed by atoms with Gasteiger partial charge in [0.15, 0.2) is 5.82 Å². The molecule has 1 heterocycles. The van der Waals surface area contributed by atoms with Gasteiger partial charge in [-0.3, -0.25) is 0 Å². The molecular weight excluding hydrogens is 173 g/mol. The van der Waals surface area contributed by atoms with E-state index in [0.717, 1.165) is 0 Å². The molecule has 0 atom stereocenters. The van der Waals surface area contributed by atoms with Crippen molar-refractivity contribution in [2.45, 2.75) is 13.8 Å². The Balaban J connectivity index is 3.06. The van der Waals surface area contributed by atoms with Crippen LogP contribution in [0, 0.1) is 12.7 Å². The van der Waals surface area contributed by atoms with E-state index in [9.17, 15) is 9.18 Å². The fraction of sp³-hybridized carbons (Fsp3) is 0.444. The molecule has 0 fully saturated rings. The first kappa shape index (κ1) is 9.77. The predicted molar refractivity (Wildman–Crippen MR) is 46.1 cm³/mol. The zero-order valence-electron chi connectivity index (χ0n) is 7.93. The molecule has 0 aliphatic heterocycles. The lowest BCUT2D eigenvalue weighted by atomic mass is 10.2. The van der Waals surface area contributed by atoms with Crippen molar-refractivity contribution in [2.24, 2.45) is 7.05 Å². The summed E-state index contributed by atoms with van der Waals surface area (Å²) < 4.78 is 19.4. The summed E-state index contributed by atoms with van der Waals surface area (Å²) in [7, 11) is 1.68. The lowest BCUT2D eigenvalue weighted by Gasteiger charge is -2.01. The average Bonchev–Trinajstić information content (AvgIpc) is 2.27. The van der Waals surface area contributed by atoms with E-state index >= 15 is 0 Å². The fourth-order valence-electron chi connectivity index (χ4n) is 1.13. The van der Waals surface area contributed by atoms with Crippen LogP contribution in [0.2, 0.25) is 0 Å². The van der Waals surface area contributed by atoms with Crippen LogP contribution in [0.4, 0.5) is 4.39 Å². The van der Waals surface area contributed by atoms with Crippen LogP contribution in [-0.4, -0.2) is 17.1 Å². The molecule has 0 aliphatic rings. The molecule has 1 aromatic rings. The minimum Gasteiger partial charge on any atom is -0.462 e. The number of carbonyl (C=O) groups excluding carboxylic acids is 1.